The van der Waals surface area contributed by atoms with E-state index in [9.17, 15) is 9.59 Å². The molecule has 0 fully saturated rings. The van der Waals surface area contributed by atoms with E-state index < -0.39 is 5.92 Å². The molecule has 0 bridgehead atoms. The molecule has 4 rings (SSSR count). The van der Waals surface area contributed by atoms with Crippen LogP contribution >= 0.6 is 11.8 Å². The summed E-state index contributed by atoms with van der Waals surface area (Å²) in [4.78, 5) is 30.2. The molecule has 0 spiro atoms. The highest BCUT2D eigenvalue weighted by atomic mass is 32.2. The van der Waals surface area contributed by atoms with Crippen LogP contribution in [-0.2, 0) is 17.6 Å². The molecular weight excluding hydrogens is 450 g/mol. The lowest BCUT2D eigenvalue weighted by molar-refractivity contribution is -0.116. The number of amides is 1. The Labute approximate surface area is 202 Å². The van der Waals surface area contributed by atoms with Crippen molar-refractivity contribution in [3.8, 4) is 23.8 Å². The van der Waals surface area contributed by atoms with Crippen LogP contribution in [0, 0.1) is 19.3 Å². The molecule has 1 aliphatic rings. The number of benzene rings is 2. The van der Waals surface area contributed by atoms with E-state index in [2.05, 4.69) is 22.3 Å². The summed E-state index contributed by atoms with van der Waals surface area (Å²) >= 11 is 1.46. The van der Waals surface area contributed by atoms with Crippen LogP contribution in [0.1, 0.15) is 34.6 Å². The van der Waals surface area contributed by atoms with Crippen molar-refractivity contribution in [3.05, 3.63) is 75.1 Å². The number of hydrogen-bond acceptors (Lipinski definition) is 6. The van der Waals surface area contributed by atoms with Gasteiger partial charge in [-0.25, -0.2) is 0 Å². The molecule has 0 saturated heterocycles. The second-order valence-corrected chi connectivity index (χ2v) is 8.95. The third kappa shape index (κ3) is 4.80. The number of carbonyl (C=O) groups excluding carboxylic acids is 1. The van der Waals surface area contributed by atoms with Gasteiger partial charge in [0, 0.05) is 25.1 Å². The predicted molar refractivity (Wildman–Crippen MR) is 133 cm³/mol. The van der Waals surface area contributed by atoms with Gasteiger partial charge in [-0.2, -0.15) is 4.98 Å². The average Bonchev–Trinajstić information content (AvgIpc) is 2.83. The summed E-state index contributed by atoms with van der Waals surface area (Å²) in [6, 6.07) is 13.5. The third-order valence-corrected chi connectivity index (χ3v) is 6.75. The molecule has 0 unspecified atom stereocenters. The van der Waals surface area contributed by atoms with Gasteiger partial charge in [-0.3, -0.25) is 9.59 Å². The van der Waals surface area contributed by atoms with Gasteiger partial charge in [0.1, 0.15) is 12.4 Å². The maximum absolute atomic E-state index is 13.2. The lowest BCUT2D eigenvalue weighted by atomic mass is 9.86. The van der Waals surface area contributed by atoms with Gasteiger partial charge in [0.2, 0.25) is 5.91 Å². The number of aromatic nitrogens is 2. The van der Waals surface area contributed by atoms with Gasteiger partial charge in [-0.05, 0) is 30.2 Å². The van der Waals surface area contributed by atoms with Crippen LogP contribution in [0.4, 0.5) is 5.82 Å². The van der Waals surface area contributed by atoms with Gasteiger partial charge in [-0.15, -0.1) is 6.42 Å². The average molecular weight is 476 g/mol. The largest absolute Gasteiger partial charge is 0.493 e. The number of aryl methyl sites for hydroxylation is 1. The smallest absolute Gasteiger partial charge is 0.279 e. The Kier molecular flexibility index (Phi) is 6.94. The van der Waals surface area contributed by atoms with Crippen LogP contribution in [0.5, 0.6) is 11.5 Å². The van der Waals surface area contributed by atoms with E-state index in [1.807, 2.05) is 38.2 Å². The van der Waals surface area contributed by atoms with Gasteiger partial charge >= 0.3 is 0 Å². The van der Waals surface area contributed by atoms with Crippen molar-refractivity contribution in [2.45, 2.75) is 30.2 Å². The maximum Gasteiger partial charge on any atom is 0.279 e. The topological polar surface area (TPSA) is 82.5 Å². The highest BCUT2D eigenvalue weighted by Gasteiger charge is 2.32. The minimum absolute atomic E-state index is 0.109. The molecule has 0 aliphatic carbocycles. The van der Waals surface area contributed by atoms with Crippen LogP contribution in [0.3, 0.4) is 0 Å². The van der Waals surface area contributed by atoms with Crippen molar-refractivity contribution < 1.29 is 14.3 Å². The summed E-state index contributed by atoms with van der Waals surface area (Å²) < 4.78 is 12.7. The third-order valence-electron chi connectivity index (χ3n) is 5.65. The van der Waals surface area contributed by atoms with Crippen LogP contribution in [-0.4, -0.2) is 29.2 Å². The Morgan fingerprint density at radius 1 is 1.24 bits per heavy atom. The molecule has 1 atom stereocenters. The molecule has 1 aliphatic heterocycles. The van der Waals surface area contributed by atoms with E-state index in [1.54, 1.807) is 16.7 Å². The van der Waals surface area contributed by atoms with Crippen LogP contribution in [0.15, 0.2) is 52.4 Å². The Bertz CT molecular complexity index is 1340. The molecular formula is C26H25N3O4S. The molecule has 3 aromatic rings. The summed E-state index contributed by atoms with van der Waals surface area (Å²) in [6.45, 7) is 2.15. The van der Waals surface area contributed by atoms with Crippen molar-refractivity contribution in [1.82, 2.24) is 9.55 Å². The molecule has 1 amide bonds. The van der Waals surface area contributed by atoms with E-state index in [-0.39, 0.29) is 24.5 Å². The number of nitrogens with one attached hydrogen (secondary N) is 1. The number of nitrogens with zero attached hydrogens (tertiary/aromatic N) is 2. The second kappa shape index (κ2) is 10.1. The number of terminal acetylenes is 1. The number of anilines is 1. The fraction of sp³-hybridized carbons (Fsp3) is 0.269. The van der Waals surface area contributed by atoms with Crippen molar-refractivity contribution in [1.29, 1.82) is 0 Å². The lowest BCUT2D eigenvalue weighted by Gasteiger charge is -2.28. The summed E-state index contributed by atoms with van der Waals surface area (Å²) in [7, 11) is 3.34. The van der Waals surface area contributed by atoms with Crippen molar-refractivity contribution in [2.75, 3.05) is 19.0 Å². The van der Waals surface area contributed by atoms with Crippen molar-refractivity contribution in [2.24, 2.45) is 7.05 Å². The molecule has 34 heavy (non-hydrogen) atoms. The minimum Gasteiger partial charge on any atom is -0.493 e. The van der Waals surface area contributed by atoms with Crippen molar-refractivity contribution >= 4 is 23.5 Å². The molecule has 2 heterocycles. The fourth-order valence-corrected chi connectivity index (χ4v) is 4.95. The zero-order chi connectivity index (χ0) is 24.2. The zero-order valence-electron chi connectivity index (χ0n) is 19.3. The van der Waals surface area contributed by atoms with E-state index >= 15 is 0 Å². The number of hydrogen-bond donors (Lipinski definition) is 1. The zero-order valence-corrected chi connectivity index (χ0v) is 20.1. The second-order valence-electron chi connectivity index (χ2n) is 8.01. The molecule has 2 aromatic carbocycles. The number of fused-ring (bicyclic) bond motifs is 1. The van der Waals surface area contributed by atoms with E-state index in [0.29, 0.717) is 33.8 Å². The standard InChI is InChI=1S/C26H25N3O4S/c1-5-11-33-20-10-9-18(13-21(20)32-4)19-14-22(30)27-24-23(19)25(31)28-26(29(24)3)34-15-17-8-6-7-16(2)12-17/h1,6-10,12-13,19H,11,14-15H2,2-4H3,(H,27,30)/t19-/m1/s1. The van der Waals surface area contributed by atoms with Crippen LogP contribution in [0.25, 0.3) is 0 Å². The molecule has 1 aromatic heterocycles. The van der Waals surface area contributed by atoms with Gasteiger partial charge in [-0.1, -0.05) is 53.6 Å². The first-order chi connectivity index (χ1) is 16.4. The van der Waals surface area contributed by atoms with Gasteiger partial charge in [0.25, 0.3) is 5.56 Å². The number of carbonyl (C=O) groups is 1. The fourth-order valence-electron chi connectivity index (χ4n) is 4.04. The lowest BCUT2D eigenvalue weighted by Crippen LogP contribution is -2.33. The first-order valence-electron chi connectivity index (χ1n) is 10.7. The van der Waals surface area contributed by atoms with Gasteiger partial charge in [0.15, 0.2) is 16.7 Å². The molecule has 0 saturated carbocycles. The Balaban J connectivity index is 1.70. The highest BCUT2D eigenvalue weighted by Crippen LogP contribution is 2.39. The SMILES string of the molecule is C#CCOc1ccc([C@H]2CC(=O)Nc3c2c(=O)nc(SCc2cccc(C)c2)n3C)cc1OC. The monoisotopic (exact) mass is 475 g/mol. The highest BCUT2D eigenvalue weighted by molar-refractivity contribution is 7.98. The van der Waals surface area contributed by atoms with Gasteiger partial charge < -0.3 is 19.4 Å². The summed E-state index contributed by atoms with van der Waals surface area (Å²) in [5.74, 6) is 3.91. The Morgan fingerprint density at radius 3 is 2.79 bits per heavy atom. The van der Waals surface area contributed by atoms with Crippen LogP contribution in [0.2, 0.25) is 0 Å². The van der Waals surface area contributed by atoms with E-state index in [4.69, 9.17) is 15.9 Å². The Hall–Kier alpha value is -3.70. The van der Waals surface area contributed by atoms with E-state index in [0.717, 1.165) is 11.1 Å². The summed E-state index contributed by atoms with van der Waals surface area (Å²) in [5, 5.41) is 3.42. The first-order valence-corrected chi connectivity index (χ1v) is 11.7. The van der Waals surface area contributed by atoms with Gasteiger partial charge in [0.05, 0.1) is 12.7 Å². The molecule has 0 radical (unpaired) electrons. The molecule has 7 nitrogen and oxygen atoms in total. The number of methoxy groups -OCH3 is 1. The van der Waals surface area contributed by atoms with Crippen LogP contribution < -0.4 is 20.3 Å². The molecule has 174 valence electrons. The first kappa shape index (κ1) is 23.5. The maximum atomic E-state index is 13.2. The number of rotatable bonds is 7. The Morgan fingerprint density at radius 2 is 2.06 bits per heavy atom. The number of ether oxygens (including phenoxy) is 2. The number of thioether (sulfide) groups is 1. The normalized spacial score (nSPS) is 14.6. The van der Waals surface area contributed by atoms with E-state index in [1.165, 1.54) is 24.4 Å². The quantitative estimate of drug-likeness (QED) is 0.317. The molecule has 1 N–H and O–H groups in total. The van der Waals surface area contributed by atoms with Crippen molar-refractivity contribution in [3.63, 3.8) is 0 Å². The predicted octanol–water partition coefficient (Wildman–Crippen LogP) is 3.88. The summed E-state index contributed by atoms with van der Waals surface area (Å²) in [5.41, 5.74) is 3.18. The minimum atomic E-state index is -0.457. The molecule has 8 heteroatoms. The summed E-state index contributed by atoms with van der Waals surface area (Å²) in [6.07, 6.45) is 5.41.